The summed E-state index contributed by atoms with van der Waals surface area (Å²) in [6.45, 7) is 11.7. The van der Waals surface area contributed by atoms with Gasteiger partial charge in [0.25, 0.3) is 6.29 Å². The van der Waals surface area contributed by atoms with Crippen LogP contribution in [0.4, 0.5) is 4.79 Å². The highest BCUT2D eigenvalue weighted by Gasteiger charge is 2.31. The Morgan fingerprint density at radius 3 is 2.07 bits per heavy atom. The van der Waals surface area contributed by atoms with Crippen LogP contribution in [0.2, 0.25) is 0 Å². The summed E-state index contributed by atoms with van der Waals surface area (Å²) in [5.74, 6) is -2.17. The molecule has 0 heterocycles. The van der Waals surface area contributed by atoms with E-state index in [-0.39, 0.29) is 18.8 Å². The number of carbonyl (C=O) groups excluding carboxylic acids is 4. The van der Waals surface area contributed by atoms with Crippen LogP contribution < -0.4 is 5.32 Å². The maximum absolute atomic E-state index is 12.3. The molecule has 1 amide bonds. The van der Waals surface area contributed by atoms with Crippen molar-refractivity contribution in [1.82, 2.24) is 5.32 Å². The van der Waals surface area contributed by atoms with E-state index in [9.17, 15) is 19.2 Å². The minimum Gasteiger partial charge on any atom is -0.461 e. The van der Waals surface area contributed by atoms with Crippen LogP contribution in [-0.4, -0.2) is 53.3 Å². The van der Waals surface area contributed by atoms with Gasteiger partial charge >= 0.3 is 24.2 Å². The van der Waals surface area contributed by atoms with E-state index in [1.807, 2.05) is 0 Å². The number of alkyl carbamates (subject to hydrolysis) is 1. The lowest BCUT2D eigenvalue weighted by molar-refractivity contribution is -0.184. The molecule has 2 atom stereocenters. The van der Waals surface area contributed by atoms with E-state index >= 15 is 0 Å². The molecule has 0 aromatic rings. The van der Waals surface area contributed by atoms with Gasteiger partial charge in [-0.05, 0) is 41.0 Å². The SMILES string of the molecule is CC(C)OC(=O)[C@H](CCC(=O)C=[N+]=[N-])NC(=O)OC(OC(=O)C(C)(C)C)C(C)C. The van der Waals surface area contributed by atoms with Crippen LogP contribution >= 0.6 is 0 Å². The standard InChI is InChI=1S/C19H31N3O7/c1-11(2)16(28-17(25)19(5,6)7)29-18(26)22-14(15(24)27-12(3)4)9-8-13(23)10-21-20/h10-12,14,16H,8-9H2,1-7H3,(H,22,26)/t14-,16?/m0/s1. The molecule has 0 saturated heterocycles. The van der Waals surface area contributed by atoms with Gasteiger partial charge < -0.3 is 25.1 Å². The van der Waals surface area contributed by atoms with Gasteiger partial charge in [-0.15, -0.1) is 0 Å². The van der Waals surface area contributed by atoms with Gasteiger partial charge in [-0.2, -0.15) is 4.79 Å². The lowest BCUT2D eigenvalue weighted by Gasteiger charge is -2.26. The minimum absolute atomic E-state index is 0.0976. The van der Waals surface area contributed by atoms with Gasteiger partial charge in [-0.25, -0.2) is 9.59 Å². The Bertz CT molecular complexity index is 647. The second kappa shape index (κ2) is 12.0. The predicted molar refractivity (Wildman–Crippen MR) is 103 cm³/mol. The average Bonchev–Trinajstić information content (AvgIpc) is 2.56. The van der Waals surface area contributed by atoms with Crippen molar-refractivity contribution in [1.29, 1.82) is 0 Å². The van der Waals surface area contributed by atoms with Crippen molar-refractivity contribution in [2.24, 2.45) is 11.3 Å². The van der Waals surface area contributed by atoms with Gasteiger partial charge in [0.2, 0.25) is 5.78 Å². The van der Waals surface area contributed by atoms with Crippen molar-refractivity contribution in [3.8, 4) is 0 Å². The molecule has 0 aromatic carbocycles. The molecule has 0 fully saturated rings. The molecule has 1 unspecified atom stereocenters. The molecular formula is C19H31N3O7. The number of ether oxygens (including phenoxy) is 3. The van der Waals surface area contributed by atoms with E-state index in [0.29, 0.717) is 6.21 Å². The highest BCUT2D eigenvalue weighted by atomic mass is 16.7. The first-order valence-electron chi connectivity index (χ1n) is 9.36. The van der Waals surface area contributed by atoms with Crippen molar-refractivity contribution in [3.05, 3.63) is 5.53 Å². The number of esters is 2. The Labute approximate surface area is 170 Å². The number of hydrogen-bond donors (Lipinski definition) is 1. The number of nitrogens with one attached hydrogen (secondary N) is 1. The molecular weight excluding hydrogens is 382 g/mol. The van der Waals surface area contributed by atoms with Gasteiger partial charge in [0.05, 0.1) is 11.5 Å². The number of carbonyl (C=O) groups is 4. The van der Waals surface area contributed by atoms with Crippen LogP contribution in [0.3, 0.4) is 0 Å². The second-order valence-corrected chi connectivity index (χ2v) is 8.11. The van der Waals surface area contributed by atoms with E-state index in [4.69, 9.17) is 19.7 Å². The number of Topliss-reactive ketones (excluding diaryl/α,β-unsaturated/α-hetero) is 1. The van der Waals surface area contributed by atoms with Crippen molar-refractivity contribution in [2.45, 2.75) is 79.7 Å². The van der Waals surface area contributed by atoms with Gasteiger partial charge in [0, 0.05) is 12.3 Å². The minimum atomic E-state index is -1.17. The Hall–Kier alpha value is -2.74. The molecule has 0 saturated carbocycles. The average molecular weight is 413 g/mol. The summed E-state index contributed by atoms with van der Waals surface area (Å²) in [4.78, 5) is 50.7. The van der Waals surface area contributed by atoms with E-state index in [1.165, 1.54) is 0 Å². The monoisotopic (exact) mass is 413 g/mol. The van der Waals surface area contributed by atoms with Crippen LogP contribution in [-0.2, 0) is 28.6 Å². The second-order valence-electron chi connectivity index (χ2n) is 8.11. The molecule has 0 rings (SSSR count). The van der Waals surface area contributed by atoms with Crippen LogP contribution in [0, 0.1) is 11.3 Å². The highest BCUT2D eigenvalue weighted by Crippen LogP contribution is 2.19. The Balaban J connectivity index is 5.15. The fourth-order valence-corrected chi connectivity index (χ4v) is 1.84. The molecule has 0 bridgehead atoms. The Morgan fingerprint density at radius 2 is 1.62 bits per heavy atom. The summed E-state index contributed by atoms with van der Waals surface area (Å²) < 4.78 is 15.5. The number of ketones is 1. The lowest BCUT2D eigenvalue weighted by atomic mass is 9.97. The van der Waals surface area contributed by atoms with Crippen LogP contribution in [0.25, 0.3) is 5.53 Å². The summed E-state index contributed by atoms with van der Waals surface area (Å²) in [7, 11) is 0. The first-order valence-corrected chi connectivity index (χ1v) is 9.36. The molecule has 0 radical (unpaired) electrons. The molecule has 10 nitrogen and oxygen atoms in total. The Kier molecular flexibility index (Phi) is 10.8. The van der Waals surface area contributed by atoms with Crippen LogP contribution in [0.5, 0.6) is 0 Å². The van der Waals surface area contributed by atoms with E-state index in [1.54, 1.807) is 48.5 Å². The predicted octanol–water partition coefficient (Wildman–Crippen LogP) is 2.25. The van der Waals surface area contributed by atoms with Gasteiger partial charge in [-0.1, -0.05) is 13.8 Å². The number of rotatable bonds is 10. The van der Waals surface area contributed by atoms with Gasteiger partial charge in [0.1, 0.15) is 6.04 Å². The van der Waals surface area contributed by atoms with E-state index < -0.39 is 47.7 Å². The van der Waals surface area contributed by atoms with Crippen LogP contribution in [0.1, 0.15) is 61.3 Å². The van der Waals surface area contributed by atoms with E-state index in [0.717, 1.165) is 0 Å². The fourth-order valence-electron chi connectivity index (χ4n) is 1.84. The fraction of sp³-hybridized carbons (Fsp3) is 0.737. The quantitative estimate of drug-likeness (QED) is 0.190. The zero-order valence-corrected chi connectivity index (χ0v) is 18.1. The van der Waals surface area contributed by atoms with Crippen molar-refractivity contribution < 1.29 is 38.2 Å². The maximum atomic E-state index is 12.3. The number of hydrogen-bond acceptors (Lipinski definition) is 7. The first kappa shape index (κ1) is 26.3. The van der Waals surface area contributed by atoms with Crippen molar-refractivity contribution in [3.63, 3.8) is 0 Å². The number of amides is 1. The molecule has 1 N–H and O–H groups in total. The summed E-state index contributed by atoms with van der Waals surface area (Å²) in [6.07, 6.45) is -2.17. The normalized spacial score (nSPS) is 13.1. The summed E-state index contributed by atoms with van der Waals surface area (Å²) in [5.41, 5.74) is 7.59. The molecule has 0 spiro atoms. The van der Waals surface area contributed by atoms with Gasteiger partial charge in [0.15, 0.2) is 0 Å². The maximum Gasteiger partial charge on any atom is 0.410 e. The molecule has 0 aliphatic rings. The molecule has 164 valence electrons. The van der Waals surface area contributed by atoms with Crippen molar-refractivity contribution >= 4 is 30.0 Å². The van der Waals surface area contributed by atoms with Crippen molar-refractivity contribution in [2.75, 3.05) is 0 Å². The topological polar surface area (TPSA) is 144 Å². The molecule has 0 aromatic heterocycles. The smallest absolute Gasteiger partial charge is 0.410 e. The molecule has 0 aliphatic carbocycles. The summed E-state index contributed by atoms with van der Waals surface area (Å²) in [6, 6.07) is -1.17. The number of nitrogens with zero attached hydrogens (tertiary/aromatic N) is 2. The summed E-state index contributed by atoms with van der Waals surface area (Å²) >= 11 is 0. The third-order valence-electron chi connectivity index (χ3n) is 3.41. The van der Waals surface area contributed by atoms with Gasteiger partial charge in [-0.3, -0.25) is 9.59 Å². The first-order chi connectivity index (χ1) is 13.3. The summed E-state index contributed by atoms with van der Waals surface area (Å²) in [5, 5.41) is 2.33. The molecule has 0 aliphatic heterocycles. The largest absolute Gasteiger partial charge is 0.461 e. The molecule has 29 heavy (non-hydrogen) atoms. The lowest BCUT2D eigenvalue weighted by Crippen LogP contribution is -2.45. The zero-order valence-electron chi connectivity index (χ0n) is 18.1. The van der Waals surface area contributed by atoms with Crippen LogP contribution in [0.15, 0.2) is 0 Å². The van der Waals surface area contributed by atoms with E-state index in [2.05, 4.69) is 10.1 Å². The zero-order chi connectivity index (χ0) is 22.8. The third-order valence-corrected chi connectivity index (χ3v) is 3.41. The highest BCUT2D eigenvalue weighted by molar-refractivity contribution is 6.25. The third kappa shape index (κ3) is 11.0. The Morgan fingerprint density at radius 1 is 1.03 bits per heavy atom. The molecule has 10 heteroatoms.